The highest BCUT2D eigenvalue weighted by atomic mass is 32.2. The van der Waals surface area contributed by atoms with E-state index in [2.05, 4.69) is 5.32 Å². The average Bonchev–Trinajstić information content (AvgIpc) is 2.43. The van der Waals surface area contributed by atoms with Gasteiger partial charge in [-0.1, -0.05) is 6.07 Å². The Hall–Kier alpha value is -1.80. The quantitative estimate of drug-likeness (QED) is 0.741. The summed E-state index contributed by atoms with van der Waals surface area (Å²) in [6.07, 6.45) is 1.07. The minimum absolute atomic E-state index is 0.286. The molecule has 8 heteroatoms. The molecule has 1 amide bonds. The average molecular weight is 343 g/mol. The molecule has 0 aliphatic rings. The zero-order valence-electron chi connectivity index (χ0n) is 14.3. The van der Waals surface area contributed by atoms with Gasteiger partial charge in [-0.25, -0.2) is 8.42 Å². The molecule has 0 saturated heterocycles. The largest absolute Gasteiger partial charge is 0.495 e. The molecule has 0 radical (unpaired) electrons. The monoisotopic (exact) mass is 343 g/mol. The first-order valence-corrected chi connectivity index (χ1v) is 9.03. The van der Waals surface area contributed by atoms with Crippen LogP contribution in [0, 0.1) is 6.92 Å². The highest BCUT2D eigenvalue weighted by molar-refractivity contribution is 7.92. The Labute approximate surface area is 138 Å². The van der Waals surface area contributed by atoms with Gasteiger partial charge in [-0.05, 0) is 38.7 Å². The van der Waals surface area contributed by atoms with E-state index in [4.69, 9.17) is 4.74 Å². The van der Waals surface area contributed by atoms with Gasteiger partial charge < -0.3 is 15.0 Å². The van der Waals surface area contributed by atoms with Crippen LogP contribution in [-0.2, 0) is 14.8 Å². The summed E-state index contributed by atoms with van der Waals surface area (Å²) in [6.45, 7) is 2.69. The molecule has 0 unspecified atom stereocenters. The van der Waals surface area contributed by atoms with Gasteiger partial charge in [-0.3, -0.25) is 9.10 Å². The lowest BCUT2D eigenvalue weighted by Gasteiger charge is -2.24. The predicted octanol–water partition coefficient (Wildman–Crippen LogP) is 0.447. The second-order valence-corrected chi connectivity index (χ2v) is 7.50. The minimum Gasteiger partial charge on any atom is -0.495 e. The maximum atomic E-state index is 12.1. The molecule has 0 bridgehead atoms. The number of nitrogens with one attached hydrogen (secondary N) is 1. The van der Waals surface area contributed by atoms with Gasteiger partial charge in [0.15, 0.2) is 0 Å². The number of aryl methyl sites for hydroxylation is 1. The van der Waals surface area contributed by atoms with Crippen molar-refractivity contribution in [2.24, 2.45) is 0 Å². The Balaban J connectivity index is 2.99. The molecule has 7 nitrogen and oxygen atoms in total. The Morgan fingerprint density at radius 1 is 1.30 bits per heavy atom. The third-order valence-electron chi connectivity index (χ3n) is 3.17. The van der Waals surface area contributed by atoms with Crippen LogP contribution < -0.4 is 14.4 Å². The van der Waals surface area contributed by atoms with Crippen molar-refractivity contribution in [2.45, 2.75) is 6.92 Å². The van der Waals surface area contributed by atoms with Crippen molar-refractivity contribution in [3.05, 3.63) is 23.8 Å². The van der Waals surface area contributed by atoms with Crippen LogP contribution in [0.5, 0.6) is 5.75 Å². The number of benzene rings is 1. The fraction of sp³-hybridized carbons (Fsp3) is 0.533. The number of nitrogens with zero attached hydrogens (tertiary/aromatic N) is 2. The highest BCUT2D eigenvalue weighted by Crippen LogP contribution is 2.30. The van der Waals surface area contributed by atoms with E-state index < -0.39 is 10.0 Å². The van der Waals surface area contributed by atoms with E-state index in [1.165, 1.54) is 7.11 Å². The number of rotatable bonds is 8. The standard InChI is InChI=1S/C15H25N3O4S/c1-12-6-7-14(22-4)13(10-12)18(23(5,20)21)11-15(19)16-8-9-17(2)3/h6-7,10H,8-9,11H2,1-5H3,(H,16,19). The summed E-state index contributed by atoms with van der Waals surface area (Å²) in [5.41, 5.74) is 1.24. The van der Waals surface area contributed by atoms with Crippen LogP contribution in [0.15, 0.2) is 18.2 Å². The molecule has 0 spiro atoms. The maximum Gasteiger partial charge on any atom is 0.240 e. The van der Waals surface area contributed by atoms with Crippen LogP contribution in [0.2, 0.25) is 0 Å². The molecule has 1 aromatic rings. The Kier molecular flexibility index (Phi) is 6.83. The van der Waals surface area contributed by atoms with Crippen molar-refractivity contribution in [1.29, 1.82) is 0 Å². The van der Waals surface area contributed by atoms with Gasteiger partial charge in [0.2, 0.25) is 15.9 Å². The van der Waals surface area contributed by atoms with Crippen LogP contribution in [0.25, 0.3) is 0 Å². The number of carbonyl (C=O) groups is 1. The number of hydrogen-bond acceptors (Lipinski definition) is 5. The fourth-order valence-corrected chi connectivity index (χ4v) is 2.83. The van der Waals surface area contributed by atoms with Crippen molar-refractivity contribution in [2.75, 3.05) is 51.4 Å². The first-order valence-electron chi connectivity index (χ1n) is 7.19. The van der Waals surface area contributed by atoms with Crippen LogP contribution in [-0.4, -0.2) is 66.3 Å². The summed E-state index contributed by atoms with van der Waals surface area (Å²) < 4.78 is 30.5. The van der Waals surface area contributed by atoms with Crippen LogP contribution >= 0.6 is 0 Å². The van der Waals surface area contributed by atoms with Gasteiger partial charge >= 0.3 is 0 Å². The van der Waals surface area contributed by atoms with Crippen LogP contribution in [0.3, 0.4) is 0 Å². The molecular formula is C15H25N3O4S. The minimum atomic E-state index is -3.62. The van der Waals surface area contributed by atoms with Gasteiger partial charge in [0, 0.05) is 13.1 Å². The third kappa shape index (κ3) is 6.07. The van der Waals surface area contributed by atoms with E-state index in [-0.39, 0.29) is 12.5 Å². The molecule has 23 heavy (non-hydrogen) atoms. The molecule has 0 aliphatic carbocycles. The highest BCUT2D eigenvalue weighted by Gasteiger charge is 2.24. The molecule has 1 rings (SSSR count). The smallest absolute Gasteiger partial charge is 0.240 e. The number of ether oxygens (including phenoxy) is 1. The summed E-state index contributed by atoms with van der Waals surface area (Å²) in [6, 6.07) is 5.19. The third-order valence-corrected chi connectivity index (χ3v) is 4.30. The maximum absolute atomic E-state index is 12.1. The lowest BCUT2D eigenvalue weighted by molar-refractivity contribution is -0.119. The summed E-state index contributed by atoms with van der Waals surface area (Å²) in [7, 11) is 1.63. The van der Waals surface area contributed by atoms with Crippen molar-refractivity contribution < 1.29 is 17.9 Å². The van der Waals surface area contributed by atoms with Crippen molar-refractivity contribution in [1.82, 2.24) is 10.2 Å². The summed E-state index contributed by atoms with van der Waals surface area (Å²) in [5, 5.41) is 2.71. The number of amides is 1. The molecule has 0 heterocycles. The van der Waals surface area contributed by atoms with Crippen molar-refractivity contribution in [3.8, 4) is 5.75 Å². The number of anilines is 1. The molecule has 0 aromatic heterocycles. The van der Waals surface area contributed by atoms with Gasteiger partial charge in [-0.2, -0.15) is 0 Å². The summed E-state index contributed by atoms with van der Waals surface area (Å²) >= 11 is 0. The number of methoxy groups -OCH3 is 1. The summed E-state index contributed by atoms with van der Waals surface area (Å²) in [5.74, 6) is 0.0444. The second kappa shape index (κ2) is 8.16. The number of sulfonamides is 1. The first kappa shape index (κ1) is 19.2. The van der Waals surface area contributed by atoms with Gasteiger partial charge in [-0.15, -0.1) is 0 Å². The van der Waals surface area contributed by atoms with Gasteiger partial charge in [0.05, 0.1) is 19.1 Å². The Morgan fingerprint density at radius 2 is 1.96 bits per heavy atom. The second-order valence-electron chi connectivity index (χ2n) is 5.60. The van der Waals surface area contributed by atoms with Gasteiger partial charge in [0.1, 0.15) is 12.3 Å². The zero-order chi connectivity index (χ0) is 17.6. The van der Waals surface area contributed by atoms with E-state index in [9.17, 15) is 13.2 Å². The van der Waals surface area contributed by atoms with Gasteiger partial charge in [0.25, 0.3) is 0 Å². The normalized spacial score (nSPS) is 11.4. The van der Waals surface area contributed by atoms with Crippen LogP contribution in [0.4, 0.5) is 5.69 Å². The van der Waals surface area contributed by atoms with E-state index in [1.54, 1.807) is 12.1 Å². The zero-order valence-corrected chi connectivity index (χ0v) is 15.1. The molecular weight excluding hydrogens is 318 g/mol. The van der Waals surface area contributed by atoms with Crippen LogP contribution in [0.1, 0.15) is 5.56 Å². The Bertz CT molecular complexity index is 644. The lowest BCUT2D eigenvalue weighted by Crippen LogP contribution is -2.42. The topological polar surface area (TPSA) is 79.0 Å². The molecule has 0 aliphatic heterocycles. The number of carbonyl (C=O) groups excluding carboxylic acids is 1. The molecule has 130 valence electrons. The molecule has 0 fully saturated rings. The predicted molar refractivity (Wildman–Crippen MR) is 91.5 cm³/mol. The van der Waals surface area contributed by atoms with E-state index in [1.807, 2.05) is 32.0 Å². The summed E-state index contributed by atoms with van der Waals surface area (Å²) in [4.78, 5) is 14.0. The fourth-order valence-electron chi connectivity index (χ4n) is 1.98. The molecule has 1 aromatic carbocycles. The Morgan fingerprint density at radius 3 is 2.48 bits per heavy atom. The van der Waals surface area contributed by atoms with E-state index in [0.717, 1.165) is 16.1 Å². The lowest BCUT2D eigenvalue weighted by atomic mass is 10.2. The van der Waals surface area contributed by atoms with E-state index >= 15 is 0 Å². The van der Waals surface area contributed by atoms with Crippen molar-refractivity contribution in [3.63, 3.8) is 0 Å². The number of hydrogen-bond donors (Lipinski definition) is 1. The SMILES string of the molecule is COc1ccc(C)cc1N(CC(=O)NCCN(C)C)S(C)(=O)=O. The van der Waals surface area contributed by atoms with E-state index in [0.29, 0.717) is 24.5 Å². The number of likely N-dealkylation sites (N-methyl/N-ethyl adjacent to an activating group) is 1. The molecule has 0 saturated carbocycles. The first-order chi connectivity index (χ1) is 10.6. The molecule has 1 N–H and O–H groups in total. The molecule has 0 atom stereocenters. The van der Waals surface area contributed by atoms with Crippen molar-refractivity contribution >= 4 is 21.6 Å².